The molecule has 146 valence electrons. The molecule has 4 nitrogen and oxygen atoms in total. The molecule has 4 rings (SSSR count). The summed E-state index contributed by atoms with van der Waals surface area (Å²) >= 11 is 0. The lowest BCUT2D eigenvalue weighted by atomic mass is 10.1. The van der Waals surface area contributed by atoms with E-state index >= 15 is 0 Å². The molecule has 0 atom stereocenters. The summed E-state index contributed by atoms with van der Waals surface area (Å²) in [5.41, 5.74) is 0.910. The van der Waals surface area contributed by atoms with E-state index in [-0.39, 0.29) is 11.2 Å². The molecule has 2 aromatic carbocycles. The SMILES string of the molecule is Cn1ccc(=O)c2ccc(-c3ccccc3Oc3ccc(C(F)(F)F)cc3)nc21. The highest BCUT2D eigenvalue weighted by atomic mass is 19.4. The van der Waals surface area contributed by atoms with Gasteiger partial charge in [0.15, 0.2) is 5.43 Å². The van der Waals surface area contributed by atoms with Crippen LogP contribution in [0.25, 0.3) is 22.3 Å². The molecule has 0 saturated carbocycles. The summed E-state index contributed by atoms with van der Waals surface area (Å²) in [6.07, 6.45) is -2.76. The van der Waals surface area contributed by atoms with Gasteiger partial charge in [-0.1, -0.05) is 12.1 Å². The molecular weight excluding hydrogens is 381 g/mol. The van der Waals surface area contributed by atoms with E-state index in [0.717, 1.165) is 12.1 Å². The van der Waals surface area contributed by atoms with Gasteiger partial charge < -0.3 is 9.30 Å². The van der Waals surface area contributed by atoms with Crippen molar-refractivity contribution in [2.45, 2.75) is 6.18 Å². The second-order valence-electron chi connectivity index (χ2n) is 6.48. The van der Waals surface area contributed by atoms with E-state index in [1.807, 2.05) is 6.07 Å². The molecule has 0 amide bonds. The van der Waals surface area contributed by atoms with E-state index in [0.29, 0.717) is 28.0 Å². The zero-order chi connectivity index (χ0) is 20.6. The van der Waals surface area contributed by atoms with Gasteiger partial charge >= 0.3 is 6.18 Å². The zero-order valence-electron chi connectivity index (χ0n) is 15.3. The van der Waals surface area contributed by atoms with Crippen molar-refractivity contribution in [2.75, 3.05) is 0 Å². The smallest absolute Gasteiger partial charge is 0.416 e. The molecule has 0 aliphatic heterocycles. The first kappa shape index (κ1) is 18.7. The van der Waals surface area contributed by atoms with Crippen LogP contribution in [0.5, 0.6) is 11.5 Å². The minimum atomic E-state index is -4.40. The molecular formula is C22H15F3N2O2. The number of halogens is 3. The molecule has 0 fully saturated rings. The summed E-state index contributed by atoms with van der Waals surface area (Å²) in [7, 11) is 1.79. The molecule has 2 aromatic heterocycles. The number of hydrogen-bond donors (Lipinski definition) is 0. The van der Waals surface area contributed by atoms with Gasteiger partial charge in [-0.3, -0.25) is 4.79 Å². The number of para-hydroxylation sites is 1. The molecule has 0 saturated heterocycles. The second-order valence-corrected chi connectivity index (χ2v) is 6.48. The van der Waals surface area contributed by atoms with Gasteiger partial charge in [-0.25, -0.2) is 4.98 Å². The van der Waals surface area contributed by atoms with Crippen LogP contribution in [0.4, 0.5) is 13.2 Å². The third-order valence-electron chi connectivity index (χ3n) is 4.50. The lowest BCUT2D eigenvalue weighted by Gasteiger charge is -2.13. The minimum absolute atomic E-state index is 0.119. The van der Waals surface area contributed by atoms with Crippen molar-refractivity contribution < 1.29 is 17.9 Å². The first-order valence-corrected chi connectivity index (χ1v) is 8.74. The summed E-state index contributed by atoms with van der Waals surface area (Å²) in [4.78, 5) is 16.6. The fraction of sp³-hybridized carbons (Fsp3) is 0.0909. The van der Waals surface area contributed by atoms with Gasteiger partial charge in [0, 0.05) is 24.9 Å². The fourth-order valence-electron chi connectivity index (χ4n) is 3.01. The van der Waals surface area contributed by atoms with Gasteiger partial charge in [0.2, 0.25) is 0 Å². The number of benzene rings is 2. The Bertz CT molecular complexity index is 1250. The van der Waals surface area contributed by atoms with Crippen LogP contribution in [0, 0.1) is 0 Å². The van der Waals surface area contributed by atoms with Gasteiger partial charge in [0.25, 0.3) is 0 Å². The Morgan fingerprint density at radius 3 is 2.38 bits per heavy atom. The average molecular weight is 396 g/mol. The highest BCUT2D eigenvalue weighted by Gasteiger charge is 2.30. The number of pyridine rings is 2. The summed E-state index contributed by atoms with van der Waals surface area (Å²) < 4.78 is 45.8. The van der Waals surface area contributed by atoms with Crippen molar-refractivity contribution in [3.8, 4) is 22.8 Å². The van der Waals surface area contributed by atoms with E-state index in [1.54, 1.807) is 48.1 Å². The minimum Gasteiger partial charge on any atom is -0.457 e. The van der Waals surface area contributed by atoms with Gasteiger partial charge in [-0.2, -0.15) is 13.2 Å². The molecule has 2 heterocycles. The lowest BCUT2D eigenvalue weighted by molar-refractivity contribution is -0.137. The predicted molar refractivity (Wildman–Crippen MR) is 104 cm³/mol. The molecule has 0 N–H and O–H groups in total. The molecule has 7 heteroatoms. The third kappa shape index (κ3) is 3.71. The summed E-state index contributed by atoms with van der Waals surface area (Å²) in [6, 6.07) is 16.5. The number of ether oxygens (including phenoxy) is 1. The molecule has 0 aliphatic rings. The van der Waals surface area contributed by atoms with Gasteiger partial charge in [-0.15, -0.1) is 0 Å². The van der Waals surface area contributed by atoms with Crippen LogP contribution in [-0.2, 0) is 13.2 Å². The lowest BCUT2D eigenvalue weighted by Crippen LogP contribution is -2.07. The zero-order valence-corrected chi connectivity index (χ0v) is 15.3. The predicted octanol–water partition coefficient (Wildman–Crippen LogP) is 5.41. The Labute approximate surface area is 163 Å². The molecule has 0 bridgehead atoms. The number of aromatic nitrogens is 2. The quantitative estimate of drug-likeness (QED) is 0.465. The summed E-state index contributed by atoms with van der Waals surface area (Å²) in [5, 5.41) is 0.500. The molecule has 29 heavy (non-hydrogen) atoms. The van der Waals surface area contributed by atoms with Crippen molar-refractivity contribution in [1.82, 2.24) is 9.55 Å². The first-order valence-electron chi connectivity index (χ1n) is 8.74. The number of nitrogens with zero attached hydrogens (tertiary/aromatic N) is 2. The third-order valence-corrected chi connectivity index (χ3v) is 4.50. The maximum absolute atomic E-state index is 12.7. The first-order chi connectivity index (χ1) is 13.8. The molecule has 0 unspecified atom stereocenters. The van der Waals surface area contributed by atoms with Crippen molar-refractivity contribution >= 4 is 11.0 Å². The van der Waals surface area contributed by atoms with Crippen LogP contribution >= 0.6 is 0 Å². The van der Waals surface area contributed by atoms with Crippen molar-refractivity contribution in [3.05, 3.63) is 88.7 Å². The molecule has 4 aromatic rings. The van der Waals surface area contributed by atoms with Crippen molar-refractivity contribution in [1.29, 1.82) is 0 Å². The number of fused-ring (bicyclic) bond motifs is 1. The van der Waals surface area contributed by atoms with Crippen LogP contribution in [0.3, 0.4) is 0 Å². The van der Waals surface area contributed by atoms with Gasteiger partial charge in [0.1, 0.15) is 17.1 Å². The Balaban J connectivity index is 1.73. The molecule has 0 radical (unpaired) electrons. The maximum atomic E-state index is 12.7. The van der Waals surface area contributed by atoms with E-state index in [1.165, 1.54) is 18.2 Å². The number of hydrogen-bond acceptors (Lipinski definition) is 3. The highest BCUT2D eigenvalue weighted by Crippen LogP contribution is 2.35. The Hall–Kier alpha value is -3.61. The van der Waals surface area contributed by atoms with E-state index < -0.39 is 11.7 Å². The van der Waals surface area contributed by atoms with Gasteiger partial charge in [-0.05, 0) is 48.5 Å². The van der Waals surface area contributed by atoms with Crippen LogP contribution < -0.4 is 10.2 Å². The van der Waals surface area contributed by atoms with E-state index in [4.69, 9.17) is 4.74 Å². The van der Waals surface area contributed by atoms with E-state index in [9.17, 15) is 18.0 Å². The topological polar surface area (TPSA) is 44.1 Å². The van der Waals surface area contributed by atoms with Crippen LogP contribution in [0.1, 0.15) is 5.56 Å². The fourth-order valence-corrected chi connectivity index (χ4v) is 3.01. The Kier molecular flexibility index (Phi) is 4.58. The summed E-state index contributed by atoms with van der Waals surface area (Å²) in [5.74, 6) is 0.721. The average Bonchev–Trinajstić information content (AvgIpc) is 2.71. The van der Waals surface area contributed by atoms with Crippen molar-refractivity contribution in [2.24, 2.45) is 7.05 Å². The Morgan fingerprint density at radius 2 is 1.66 bits per heavy atom. The van der Waals surface area contributed by atoms with Crippen LogP contribution in [0.2, 0.25) is 0 Å². The standard InChI is InChI=1S/C22H15F3N2O2/c1-27-13-12-19(28)17-10-11-18(26-21(17)27)16-4-2-3-5-20(16)29-15-8-6-14(7-9-15)22(23,24)25/h2-13H,1H3. The molecule has 0 spiro atoms. The largest absolute Gasteiger partial charge is 0.457 e. The van der Waals surface area contributed by atoms with Crippen molar-refractivity contribution in [3.63, 3.8) is 0 Å². The summed E-state index contributed by atoms with van der Waals surface area (Å²) in [6.45, 7) is 0. The maximum Gasteiger partial charge on any atom is 0.416 e. The number of alkyl halides is 3. The normalized spacial score (nSPS) is 11.6. The van der Waals surface area contributed by atoms with Crippen LogP contribution in [0.15, 0.2) is 77.7 Å². The number of aryl methyl sites for hydroxylation is 1. The number of rotatable bonds is 3. The second kappa shape index (κ2) is 7.09. The monoisotopic (exact) mass is 396 g/mol. The Morgan fingerprint density at radius 1 is 0.931 bits per heavy atom. The van der Waals surface area contributed by atoms with Crippen LogP contribution in [-0.4, -0.2) is 9.55 Å². The van der Waals surface area contributed by atoms with E-state index in [2.05, 4.69) is 4.98 Å². The molecule has 0 aliphatic carbocycles. The van der Waals surface area contributed by atoms with Gasteiger partial charge in [0.05, 0.1) is 16.6 Å². The highest BCUT2D eigenvalue weighted by molar-refractivity contribution is 5.80.